The van der Waals surface area contributed by atoms with E-state index in [0.29, 0.717) is 10.5 Å². The number of fused-ring (bicyclic) bond motifs is 1. The number of hydrogen-bond donors (Lipinski definition) is 1. The molecule has 5 heteroatoms. The first kappa shape index (κ1) is 22.0. The Hall–Kier alpha value is -3.23. The molecule has 4 nitrogen and oxygen atoms in total. The van der Waals surface area contributed by atoms with Crippen molar-refractivity contribution in [2.45, 2.75) is 31.6 Å². The van der Waals surface area contributed by atoms with E-state index in [1.165, 1.54) is 16.5 Å². The number of nitriles is 1. The highest BCUT2D eigenvalue weighted by Crippen LogP contribution is 2.34. The van der Waals surface area contributed by atoms with Gasteiger partial charge >= 0.3 is 0 Å². The molecule has 0 amide bonds. The minimum Gasteiger partial charge on any atom is -0.372 e. The van der Waals surface area contributed by atoms with Crippen molar-refractivity contribution >= 4 is 29.1 Å². The van der Waals surface area contributed by atoms with Gasteiger partial charge in [0, 0.05) is 54.4 Å². The van der Waals surface area contributed by atoms with Crippen molar-refractivity contribution in [1.29, 1.82) is 5.26 Å². The fourth-order valence-electron chi connectivity index (χ4n) is 4.35. The molecule has 0 atom stereocenters. The maximum absolute atomic E-state index is 9.53. The van der Waals surface area contributed by atoms with Gasteiger partial charge in [0.25, 0.3) is 0 Å². The molecule has 2 heterocycles. The Balaban J connectivity index is 1.73. The first-order valence-electron chi connectivity index (χ1n) is 11.1. The van der Waals surface area contributed by atoms with Crippen LogP contribution in [-0.4, -0.2) is 22.6 Å². The summed E-state index contributed by atoms with van der Waals surface area (Å²) in [6, 6.07) is 19.8. The summed E-state index contributed by atoms with van der Waals surface area (Å²) in [6.07, 6.45) is 5.56. The van der Waals surface area contributed by atoms with E-state index in [9.17, 15) is 5.26 Å². The topological polar surface area (TPSA) is 44.9 Å². The molecular formula is C27H28N4S. The molecule has 0 saturated carbocycles. The minimum absolute atomic E-state index is 0.528. The average molecular weight is 441 g/mol. The first-order valence-corrected chi connectivity index (χ1v) is 11.5. The number of anilines is 1. The quantitative estimate of drug-likeness (QED) is 0.325. The fraction of sp³-hybridized carbons (Fsp3) is 0.259. The lowest BCUT2D eigenvalue weighted by molar-refractivity contribution is 0.745. The van der Waals surface area contributed by atoms with Gasteiger partial charge in [-0.1, -0.05) is 32.0 Å². The van der Waals surface area contributed by atoms with Crippen LogP contribution in [0.1, 0.15) is 32.3 Å². The van der Waals surface area contributed by atoms with E-state index in [1.54, 1.807) is 12.4 Å². The highest BCUT2D eigenvalue weighted by molar-refractivity contribution is 7.80. The van der Waals surface area contributed by atoms with Gasteiger partial charge in [-0.05, 0) is 59.5 Å². The number of rotatable bonds is 7. The van der Waals surface area contributed by atoms with Gasteiger partial charge in [0.15, 0.2) is 0 Å². The first-order chi connectivity index (χ1) is 15.6. The highest BCUT2D eigenvalue weighted by Gasteiger charge is 2.15. The Morgan fingerprint density at radius 1 is 0.938 bits per heavy atom. The van der Waals surface area contributed by atoms with Crippen molar-refractivity contribution in [3.05, 3.63) is 66.5 Å². The molecule has 32 heavy (non-hydrogen) atoms. The second-order valence-electron chi connectivity index (χ2n) is 8.09. The molecule has 2 aromatic carbocycles. The third-order valence-corrected chi connectivity index (χ3v) is 6.24. The highest BCUT2D eigenvalue weighted by atomic mass is 32.1. The van der Waals surface area contributed by atoms with Crippen LogP contribution in [0.3, 0.4) is 0 Å². The van der Waals surface area contributed by atoms with Crippen molar-refractivity contribution in [2.24, 2.45) is 7.05 Å². The summed E-state index contributed by atoms with van der Waals surface area (Å²) in [5.74, 6) is 0. The lowest BCUT2D eigenvalue weighted by Crippen LogP contribution is -2.24. The largest absolute Gasteiger partial charge is 0.372 e. The lowest BCUT2D eigenvalue weighted by atomic mass is 10.0. The Morgan fingerprint density at radius 3 is 2.34 bits per heavy atom. The molecule has 0 aliphatic rings. The van der Waals surface area contributed by atoms with E-state index in [1.807, 2.05) is 13.1 Å². The summed E-state index contributed by atoms with van der Waals surface area (Å²) in [5, 5.41) is 12.0. The Morgan fingerprint density at radius 2 is 1.62 bits per heavy atom. The molecule has 0 aliphatic heterocycles. The number of pyridine rings is 1. The summed E-state index contributed by atoms with van der Waals surface area (Å²) in [4.78, 5) is 7.27. The molecule has 0 fully saturated rings. The van der Waals surface area contributed by atoms with Gasteiger partial charge in [0.2, 0.25) is 0 Å². The molecule has 0 radical (unpaired) electrons. The summed E-state index contributed by atoms with van der Waals surface area (Å²) >= 11 is 4.55. The van der Waals surface area contributed by atoms with Gasteiger partial charge < -0.3 is 9.47 Å². The maximum atomic E-state index is 9.53. The van der Waals surface area contributed by atoms with Crippen molar-refractivity contribution in [2.75, 3.05) is 18.0 Å². The monoisotopic (exact) mass is 440 g/mol. The van der Waals surface area contributed by atoms with Crippen LogP contribution in [0.15, 0.2) is 65.8 Å². The SMILES string of the molecule is CCCN(CCC)c1ccc2cc(-c3ccc(-c4c(S)cncc4C#N)n3C)ccc2c1. The normalized spacial score (nSPS) is 11.0. The third kappa shape index (κ3) is 4.11. The molecular weight excluding hydrogens is 412 g/mol. The summed E-state index contributed by atoms with van der Waals surface area (Å²) in [6.45, 7) is 6.62. The van der Waals surface area contributed by atoms with Crippen LogP contribution < -0.4 is 4.90 Å². The molecule has 0 N–H and O–H groups in total. The van der Waals surface area contributed by atoms with Crippen LogP contribution in [0.25, 0.3) is 33.3 Å². The molecule has 0 aliphatic carbocycles. The number of benzene rings is 2. The number of hydrogen-bond acceptors (Lipinski definition) is 4. The second-order valence-corrected chi connectivity index (χ2v) is 8.57. The Kier molecular flexibility index (Phi) is 6.53. The summed E-state index contributed by atoms with van der Waals surface area (Å²) in [7, 11) is 2.03. The number of nitrogens with zero attached hydrogens (tertiary/aromatic N) is 4. The van der Waals surface area contributed by atoms with E-state index in [4.69, 9.17) is 0 Å². The number of aromatic nitrogens is 2. The van der Waals surface area contributed by atoms with Gasteiger partial charge in [-0.3, -0.25) is 4.98 Å². The smallest absolute Gasteiger partial charge is 0.102 e. The van der Waals surface area contributed by atoms with Gasteiger partial charge in [-0.25, -0.2) is 0 Å². The van der Waals surface area contributed by atoms with Crippen LogP contribution >= 0.6 is 12.6 Å². The van der Waals surface area contributed by atoms with Crippen LogP contribution in [0.2, 0.25) is 0 Å². The predicted octanol–water partition coefficient (Wildman–Crippen LogP) is 6.69. The van der Waals surface area contributed by atoms with E-state index in [-0.39, 0.29) is 0 Å². The summed E-state index contributed by atoms with van der Waals surface area (Å²) < 4.78 is 2.12. The van der Waals surface area contributed by atoms with Gasteiger partial charge in [0.05, 0.1) is 11.3 Å². The van der Waals surface area contributed by atoms with Gasteiger partial charge in [0.1, 0.15) is 6.07 Å². The zero-order valence-corrected chi connectivity index (χ0v) is 19.7. The zero-order chi connectivity index (χ0) is 22.7. The van der Waals surface area contributed by atoms with Crippen LogP contribution in [0.4, 0.5) is 5.69 Å². The molecule has 4 aromatic rings. The van der Waals surface area contributed by atoms with Crippen molar-refractivity contribution in [1.82, 2.24) is 9.55 Å². The maximum Gasteiger partial charge on any atom is 0.102 e. The third-order valence-electron chi connectivity index (χ3n) is 5.90. The number of thiol groups is 1. The Labute approximate surface area is 195 Å². The van der Waals surface area contributed by atoms with Crippen LogP contribution in [0.5, 0.6) is 0 Å². The van der Waals surface area contributed by atoms with Gasteiger partial charge in [-0.15, -0.1) is 12.6 Å². The zero-order valence-electron chi connectivity index (χ0n) is 18.8. The molecule has 0 bridgehead atoms. The second kappa shape index (κ2) is 9.50. The molecule has 0 spiro atoms. The predicted molar refractivity (Wildman–Crippen MR) is 136 cm³/mol. The fourth-order valence-corrected chi connectivity index (χ4v) is 4.66. The van der Waals surface area contributed by atoms with E-state index >= 15 is 0 Å². The van der Waals surface area contributed by atoms with Crippen molar-refractivity contribution in [3.63, 3.8) is 0 Å². The van der Waals surface area contributed by atoms with Crippen molar-refractivity contribution < 1.29 is 0 Å². The lowest BCUT2D eigenvalue weighted by Gasteiger charge is -2.24. The van der Waals surface area contributed by atoms with Crippen LogP contribution in [0, 0.1) is 11.3 Å². The summed E-state index contributed by atoms with van der Waals surface area (Å²) in [5.41, 5.74) is 5.83. The van der Waals surface area contributed by atoms with E-state index < -0.39 is 0 Å². The standard InChI is InChI=1S/C27H28N4S/c1-4-12-31(13-5-2)23-9-8-19-14-21(7-6-20(19)15-23)24-10-11-25(30(24)3)27-22(16-28)17-29-18-26(27)32/h6-11,14-15,17-18,32H,4-5,12-13H2,1-3H3. The molecule has 0 unspecified atom stereocenters. The van der Waals surface area contributed by atoms with E-state index in [2.05, 4.69) is 89.5 Å². The van der Waals surface area contributed by atoms with E-state index in [0.717, 1.165) is 48.4 Å². The minimum atomic E-state index is 0.528. The average Bonchev–Trinajstić information content (AvgIpc) is 3.18. The molecule has 2 aromatic heterocycles. The van der Waals surface area contributed by atoms with Crippen LogP contribution in [-0.2, 0) is 7.05 Å². The molecule has 162 valence electrons. The Bertz CT molecular complexity index is 1290. The van der Waals surface area contributed by atoms with Gasteiger partial charge in [-0.2, -0.15) is 5.26 Å². The molecule has 0 saturated heterocycles. The molecule has 4 rings (SSSR count). The van der Waals surface area contributed by atoms with Crippen molar-refractivity contribution in [3.8, 4) is 28.6 Å².